The molecule has 5 nitrogen and oxygen atoms in total. The molecule has 2 heterocycles. The summed E-state index contributed by atoms with van der Waals surface area (Å²) >= 11 is 0. The predicted molar refractivity (Wildman–Crippen MR) is 108 cm³/mol. The topological polar surface area (TPSA) is 57.0 Å². The molecule has 0 atom stereocenters. The Morgan fingerprint density at radius 1 is 0.857 bits per heavy atom. The Balaban J connectivity index is 2.13. The normalized spacial score (nSPS) is 11.4. The fraction of sp³-hybridized carbons (Fsp3) is 0.217. The van der Waals surface area contributed by atoms with Crippen LogP contribution in [0.3, 0.4) is 0 Å². The van der Waals surface area contributed by atoms with Crippen LogP contribution in [0.5, 0.6) is 0 Å². The molecule has 4 aromatic rings. The van der Waals surface area contributed by atoms with E-state index in [9.17, 15) is 9.59 Å². The number of carbonyl (C=O) groups excluding carboxylic acids is 2. The van der Waals surface area contributed by atoms with E-state index >= 15 is 0 Å². The number of aromatic nitrogens is 1. The van der Waals surface area contributed by atoms with E-state index in [1.165, 1.54) is 0 Å². The molecule has 0 fully saturated rings. The Bertz CT molecular complexity index is 1170. The van der Waals surface area contributed by atoms with Gasteiger partial charge in [-0.3, -0.25) is 9.59 Å². The van der Waals surface area contributed by atoms with Gasteiger partial charge in [0.2, 0.25) is 0 Å². The van der Waals surface area contributed by atoms with Gasteiger partial charge in [0.1, 0.15) is 0 Å². The van der Waals surface area contributed by atoms with Crippen molar-refractivity contribution in [3.05, 3.63) is 66.4 Å². The van der Waals surface area contributed by atoms with Gasteiger partial charge in [0, 0.05) is 17.1 Å². The standard InChI is InChI=1S/C23H21NO4/c1-3-27-22(25)21(23(26)28-4-2)20-17-11-7-8-14-24(17)18-13-12-15-9-5-6-10-16(15)19(18)20/h5-14,21H,3-4H2,1-2H3. The average molecular weight is 375 g/mol. The van der Waals surface area contributed by atoms with Gasteiger partial charge in [0.15, 0.2) is 5.92 Å². The first-order valence-electron chi connectivity index (χ1n) is 9.41. The van der Waals surface area contributed by atoms with E-state index < -0.39 is 17.9 Å². The maximum absolute atomic E-state index is 12.8. The van der Waals surface area contributed by atoms with Crippen molar-refractivity contribution in [3.8, 4) is 0 Å². The molecule has 0 radical (unpaired) electrons. The van der Waals surface area contributed by atoms with E-state index in [1.807, 2.05) is 65.2 Å². The van der Waals surface area contributed by atoms with E-state index in [0.29, 0.717) is 5.56 Å². The van der Waals surface area contributed by atoms with Gasteiger partial charge in [-0.25, -0.2) is 0 Å². The molecule has 4 rings (SSSR count). The molecule has 28 heavy (non-hydrogen) atoms. The molecule has 0 bridgehead atoms. The highest BCUT2D eigenvalue weighted by molar-refractivity contribution is 6.16. The first-order chi connectivity index (χ1) is 13.7. The Hall–Kier alpha value is -3.34. The zero-order valence-corrected chi connectivity index (χ0v) is 15.8. The van der Waals surface area contributed by atoms with Crippen LogP contribution in [-0.2, 0) is 19.1 Å². The van der Waals surface area contributed by atoms with Crippen LogP contribution in [-0.4, -0.2) is 29.6 Å². The minimum Gasteiger partial charge on any atom is -0.465 e. The third-order valence-corrected chi connectivity index (χ3v) is 4.91. The first kappa shape index (κ1) is 18.0. The Kier molecular flexibility index (Phi) is 4.74. The summed E-state index contributed by atoms with van der Waals surface area (Å²) in [6, 6.07) is 17.7. The van der Waals surface area contributed by atoms with Crippen molar-refractivity contribution in [3.63, 3.8) is 0 Å². The van der Waals surface area contributed by atoms with Gasteiger partial charge in [0.25, 0.3) is 0 Å². The summed E-state index contributed by atoms with van der Waals surface area (Å²) in [7, 11) is 0. The minimum atomic E-state index is -1.14. The summed E-state index contributed by atoms with van der Waals surface area (Å²) in [5, 5.41) is 2.89. The third-order valence-electron chi connectivity index (χ3n) is 4.91. The van der Waals surface area contributed by atoms with Crippen molar-refractivity contribution in [1.29, 1.82) is 0 Å². The van der Waals surface area contributed by atoms with Crippen LogP contribution in [0.15, 0.2) is 60.8 Å². The van der Waals surface area contributed by atoms with E-state index in [1.54, 1.807) is 13.8 Å². The Morgan fingerprint density at radius 3 is 2.25 bits per heavy atom. The number of ether oxygens (including phenoxy) is 2. The van der Waals surface area contributed by atoms with Gasteiger partial charge in [-0.05, 0) is 42.8 Å². The molecule has 0 N–H and O–H groups in total. The second-order valence-corrected chi connectivity index (χ2v) is 6.49. The molecule has 5 heteroatoms. The summed E-state index contributed by atoms with van der Waals surface area (Å²) < 4.78 is 12.5. The molecule has 2 aromatic heterocycles. The van der Waals surface area contributed by atoms with Crippen LogP contribution >= 0.6 is 0 Å². The molecule has 0 spiro atoms. The number of hydrogen-bond donors (Lipinski definition) is 0. The monoisotopic (exact) mass is 375 g/mol. The smallest absolute Gasteiger partial charge is 0.324 e. The second-order valence-electron chi connectivity index (χ2n) is 6.49. The third kappa shape index (κ3) is 2.80. The van der Waals surface area contributed by atoms with Crippen molar-refractivity contribution in [2.45, 2.75) is 19.8 Å². The number of pyridine rings is 1. The number of esters is 2. The van der Waals surface area contributed by atoms with E-state index in [4.69, 9.17) is 9.47 Å². The Morgan fingerprint density at radius 2 is 1.54 bits per heavy atom. The molecule has 0 unspecified atom stereocenters. The van der Waals surface area contributed by atoms with Gasteiger partial charge in [-0.2, -0.15) is 0 Å². The summed E-state index contributed by atoms with van der Waals surface area (Å²) in [4.78, 5) is 25.7. The molecule has 0 aliphatic carbocycles. The summed E-state index contributed by atoms with van der Waals surface area (Å²) in [6.07, 6.45) is 1.93. The van der Waals surface area contributed by atoms with E-state index in [0.717, 1.165) is 27.2 Å². The Labute approximate surface area is 162 Å². The van der Waals surface area contributed by atoms with Gasteiger partial charge in [-0.15, -0.1) is 0 Å². The molecular weight excluding hydrogens is 354 g/mol. The molecule has 2 aromatic carbocycles. The highest BCUT2D eigenvalue weighted by Crippen LogP contribution is 2.38. The molecule has 0 aliphatic heterocycles. The number of nitrogens with zero attached hydrogens (tertiary/aromatic N) is 1. The number of rotatable bonds is 5. The summed E-state index contributed by atoms with van der Waals surface area (Å²) in [5.74, 6) is -2.32. The first-order valence-corrected chi connectivity index (χ1v) is 9.41. The number of benzene rings is 2. The lowest BCUT2D eigenvalue weighted by molar-refractivity contribution is -0.156. The fourth-order valence-corrected chi connectivity index (χ4v) is 3.82. The van der Waals surface area contributed by atoms with Crippen LogP contribution in [0.2, 0.25) is 0 Å². The molecule has 0 aliphatic rings. The second kappa shape index (κ2) is 7.35. The lowest BCUT2D eigenvalue weighted by atomic mass is 9.93. The van der Waals surface area contributed by atoms with Crippen molar-refractivity contribution in [1.82, 2.24) is 4.40 Å². The van der Waals surface area contributed by atoms with Crippen LogP contribution in [0.4, 0.5) is 0 Å². The van der Waals surface area contributed by atoms with Gasteiger partial charge in [-0.1, -0.05) is 36.4 Å². The van der Waals surface area contributed by atoms with Crippen LogP contribution < -0.4 is 0 Å². The van der Waals surface area contributed by atoms with E-state index in [2.05, 4.69) is 0 Å². The minimum absolute atomic E-state index is 0.194. The van der Waals surface area contributed by atoms with Crippen LogP contribution in [0, 0.1) is 0 Å². The SMILES string of the molecule is CCOC(=O)C(C(=O)OCC)c1c2c3ccccc3ccc2n2ccccc12. The van der Waals surface area contributed by atoms with Gasteiger partial charge >= 0.3 is 11.9 Å². The van der Waals surface area contributed by atoms with Crippen LogP contribution in [0.25, 0.3) is 27.2 Å². The zero-order valence-electron chi connectivity index (χ0n) is 15.8. The lowest BCUT2D eigenvalue weighted by Gasteiger charge is -2.15. The molecule has 142 valence electrons. The highest BCUT2D eigenvalue weighted by Gasteiger charge is 2.36. The molecule has 0 amide bonds. The average Bonchev–Trinajstić information content (AvgIpc) is 3.04. The molecular formula is C23H21NO4. The fourth-order valence-electron chi connectivity index (χ4n) is 3.82. The summed E-state index contributed by atoms with van der Waals surface area (Å²) in [5.41, 5.74) is 2.35. The van der Waals surface area contributed by atoms with Gasteiger partial charge in [0.05, 0.1) is 24.2 Å². The molecule has 0 saturated heterocycles. The van der Waals surface area contributed by atoms with E-state index in [-0.39, 0.29) is 13.2 Å². The number of hydrogen-bond acceptors (Lipinski definition) is 4. The lowest BCUT2D eigenvalue weighted by Crippen LogP contribution is -2.26. The summed E-state index contributed by atoms with van der Waals surface area (Å²) in [6.45, 7) is 3.84. The van der Waals surface area contributed by atoms with Crippen molar-refractivity contribution in [2.75, 3.05) is 13.2 Å². The number of carbonyl (C=O) groups is 2. The maximum Gasteiger partial charge on any atom is 0.324 e. The molecule has 0 saturated carbocycles. The van der Waals surface area contributed by atoms with Crippen molar-refractivity contribution >= 4 is 39.1 Å². The predicted octanol–water partition coefficient (Wildman–Crippen LogP) is 4.46. The highest BCUT2D eigenvalue weighted by atomic mass is 16.6. The van der Waals surface area contributed by atoms with Crippen LogP contribution in [0.1, 0.15) is 25.3 Å². The van der Waals surface area contributed by atoms with Crippen molar-refractivity contribution in [2.24, 2.45) is 0 Å². The zero-order chi connectivity index (χ0) is 19.7. The van der Waals surface area contributed by atoms with Crippen molar-refractivity contribution < 1.29 is 19.1 Å². The number of fused-ring (bicyclic) bond motifs is 5. The van der Waals surface area contributed by atoms with Gasteiger partial charge < -0.3 is 13.9 Å². The quantitative estimate of drug-likeness (QED) is 0.382. The largest absolute Gasteiger partial charge is 0.465 e. The maximum atomic E-state index is 12.8.